The lowest BCUT2D eigenvalue weighted by Crippen LogP contribution is -1.84. The molecule has 1 radical (unpaired) electrons. The molecule has 0 saturated heterocycles. The van der Waals surface area contributed by atoms with Gasteiger partial charge in [-0.3, -0.25) is 0 Å². The Morgan fingerprint density at radius 3 is 2.45 bits per heavy atom. The van der Waals surface area contributed by atoms with E-state index in [0.717, 1.165) is 11.1 Å². The predicted molar refractivity (Wildman–Crippen MR) is 44.2 cm³/mol. The first kappa shape index (κ1) is 8.27. The van der Waals surface area contributed by atoms with E-state index in [1.165, 1.54) is 0 Å². The monoisotopic (exact) mass is 169 g/mol. The zero-order valence-electron chi connectivity index (χ0n) is 6.20. The molecular weight excluding hydrogens is 160 g/mol. The van der Waals surface area contributed by atoms with E-state index in [4.69, 9.17) is 0 Å². The zero-order valence-corrected chi connectivity index (χ0v) is 7.10. The molecule has 0 fully saturated rings. The second-order valence-corrected chi connectivity index (χ2v) is 3.40. The Labute approximate surface area is 67.8 Å². The summed E-state index contributed by atoms with van der Waals surface area (Å²) in [6.45, 7) is 5.59. The van der Waals surface area contributed by atoms with Gasteiger partial charge in [0, 0.05) is 0 Å². The second kappa shape index (κ2) is 3.05. The van der Waals surface area contributed by atoms with E-state index in [2.05, 4.69) is 6.92 Å². The fraction of sp³-hybridized carbons (Fsp3) is 0.125. The minimum Gasteiger partial charge on any atom is -0.227 e. The second-order valence-electron chi connectivity index (χ2n) is 2.37. The Balaban J connectivity index is 3.26. The van der Waals surface area contributed by atoms with Crippen molar-refractivity contribution in [3.63, 3.8) is 0 Å². The summed E-state index contributed by atoms with van der Waals surface area (Å²) in [6, 6.07) is 4.90. The van der Waals surface area contributed by atoms with Crippen LogP contribution in [0.1, 0.15) is 11.1 Å². The predicted octanol–water partition coefficient (Wildman–Crippen LogP) is 1.15. The summed E-state index contributed by atoms with van der Waals surface area (Å²) >= 11 is 0. The normalized spacial score (nSPS) is 10.5. The average molecular weight is 169 g/mol. The Kier molecular flexibility index (Phi) is 2.29. The topological polar surface area (TPSA) is 34.1 Å². The molecule has 0 aromatic heterocycles. The maximum absolute atomic E-state index is 10.5. The standard InChI is InChI=1S/C8H9O2S/c1-6-3-4-8(11(9)10)5-7(6)2/h3-5,11H,2H2,1H3. The van der Waals surface area contributed by atoms with Gasteiger partial charge in [-0.2, -0.15) is 0 Å². The number of benzene rings is 1. The van der Waals surface area contributed by atoms with E-state index < -0.39 is 10.7 Å². The van der Waals surface area contributed by atoms with Gasteiger partial charge in [-0.25, -0.2) is 8.42 Å². The molecule has 1 rings (SSSR count). The van der Waals surface area contributed by atoms with E-state index in [9.17, 15) is 8.42 Å². The van der Waals surface area contributed by atoms with Gasteiger partial charge in [0.05, 0.1) is 4.90 Å². The summed E-state index contributed by atoms with van der Waals surface area (Å²) in [5.74, 6) is 0. The molecule has 0 atom stereocenters. The molecule has 0 amide bonds. The third-order valence-corrected chi connectivity index (χ3v) is 2.24. The van der Waals surface area contributed by atoms with E-state index in [1.807, 2.05) is 6.92 Å². The van der Waals surface area contributed by atoms with E-state index >= 15 is 0 Å². The molecular formula is C8H9O2S. The molecule has 0 aliphatic carbocycles. The van der Waals surface area contributed by atoms with Crippen LogP contribution in [0.4, 0.5) is 0 Å². The number of hydrogen-bond donors (Lipinski definition) is 1. The van der Waals surface area contributed by atoms with E-state index in [0.29, 0.717) is 4.90 Å². The van der Waals surface area contributed by atoms with Crippen LogP contribution in [0.5, 0.6) is 0 Å². The molecule has 59 valence electrons. The smallest absolute Gasteiger partial charge is 0.168 e. The van der Waals surface area contributed by atoms with Crippen molar-refractivity contribution < 1.29 is 8.42 Å². The van der Waals surface area contributed by atoms with Gasteiger partial charge in [0.1, 0.15) is 0 Å². The number of thiol groups is 1. The largest absolute Gasteiger partial charge is 0.227 e. The fourth-order valence-corrected chi connectivity index (χ4v) is 1.23. The molecule has 0 spiro atoms. The SMILES string of the molecule is [CH2]c1cc([SH](=O)=O)ccc1C. The Bertz CT molecular complexity index is 332. The molecule has 1 aromatic rings. The highest BCUT2D eigenvalue weighted by Crippen LogP contribution is 2.09. The van der Waals surface area contributed by atoms with Gasteiger partial charge < -0.3 is 0 Å². The molecule has 0 aliphatic heterocycles. The van der Waals surface area contributed by atoms with Gasteiger partial charge in [0.15, 0.2) is 10.7 Å². The lowest BCUT2D eigenvalue weighted by Gasteiger charge is -1.97. The highest BCUT2D eigenvalue weighted by Gasteiger charge is 1.96. The van der Waals surface area contributed by atoms with Crippen molar-refractivity contribution in [1.82, 2.24) is 0 Å². The van der Waals surface area contributed by atoms with Crippen molar-refractivity contribution in [3.8, 4) is 0 Å². The van der Waals surface area contributed by atoms with Gasteiger partial charge in [-0.05, 0) is 37.1 Å². The summed E-state index contributed by atoms with van der Waals surface area (Å²) in [5.41, 5.74) is 1.77. The summed E-state index contributed by atoms with van der Waals surface area (Å²) in [6.07, 6.45) is 0. The molecule has 0 heterocycles. The Hall–Kier alpha value is -0.830. The van der Waals surface area contributed by atoms with E-state index in [1.54, 1.807) is 18.2 Å². The third kappa shape index (κ3) is 1.80. The minimum atomic E-state index is -2.46. The third-order valence-electron chi connectivity index (χ3n) is 1.54. The summed E-state index contributed by atoms with van der Waals surface area (Å²) in [5, 5.41) is 0. The van der Waals surface area contributed by atoms with Crippen LogP contribution in [0.2, 0.25) is 0 Å². The highest BCUT2D eigenvalue weighted by atomic mass is 32.2. The van der Waals surface area contributed by atoms with Crippen LogP contribution in [0.25, 0.3) is 0 Å². The maximum Gasteiger partial charge on any atom is 0.168 e. The van der Waals surface area contributed by atoms with Crippen molar-refractivity contribution in [1.29, 1.82) is 0 Å². The fourth-order valence-electron chi connectivity index (χ4n) is 0.771. The lowest BCUT2D eigenvalue weighted by atomic mass is 10.1. The van der Waals surface area contributed by atoms with Crippen molar-refractivity contribution in [2.24, 2.45) is 0 Å². The Morgan fingerprint density at radius 1 is 1.36 bits per heavy atom. The molecule has 1 aromatic carbocycles. The van der Waals surface area contributed by atoms with Crippen molar-refractivity contribution in [2.45, 2.75) is 11.8 Å². The lowest BCUT2D eigenvalue weighted by molar-refractivity contribution is 0.614. The highest BCUT2D eigenvalue weighted by molar-refractivity contribution is 7.72. The summed E-state index contributed by atoms with van der Waals surface area (Å²) in [4.78, 5) is 0.329. The van der Waals surface area contributed by atoms with Gasteiger partial charge in [-0.1, -0.05) is 6.07 Å². The van der Waals surface area contributed by atoms with Gasteiger partial charge in [0.25, 0.3) is 0 Å². The molecule has 3 heteroatoms. The van der Waals surface area contributed by atoms with Crippen molar-refractivity contribution in [2.75, 3.05) is 0 Å². The summed E-state index contributed by atoms with van der Waals surface area (Å²) < 4.78 is 20.9. The van der Waals surface area contributed by atoms with Gasteiger partial charge in [0.2, 0.25) is 0 Å². The molecule has 2 nitrogen and oxygen atoms in total. The van der Waals surface area contributed by atoms with Crippen LogP contribution >= 0.6 is 0 Å². The first-order valence-electron chi connectivity index (χ1n) is 3.18. The molecule has 11 heavy (non-hydrogen) atoms. The van der Waals surface area contributed by atoms with Gasteiger partial charge >= 0.3 is 0 Å². The minimum absolute atomic E-state index is 0.329. The van der Waals surface area contributed by atoms with Crippen LogP contribution < -0.4 is 0 Å². The van der Waals surface area contributed by atoms with Gasteiger partial charge in [-0.15, -0.1) is 0 Å². The zero-order chi connectivity index (χ0) is 8.43. The average Bonchev–Trinajstić information content (AvgIpc) is 1.94. The van der Waals surface area contributed by atoms with Crippen molar-refractivity contribution in [3.05, 3.63) is 36.2 Å². The van der Waals surface area contributed by atoms with Crippen molar-refractivity contribution >= 4 is 10.7 Å². The first-order valence-corrected chi connectivity index (χ1v) is 4.36. The molecule has 0 bridgehead atoms. The molecule has 0 saturated carbocycles. The maximum atomic E-state index is 10.5. The quantitative estimate of drug-likeness (QED) is 0.640. The number of hydrogen-bond acceptors (Lipinski definition) is 2. The van der Waals surface area contributed by atoms with Crippen LogP contribution in [0.15, 0.2) is 23.1 Å². The van der Waals surface area contributed by atoms with Crippen LogP contribution in [-0.2, 0) is 10.7 Å². The Morgan fingerprint density at radius 2 is 2.00 bits per heavy atom. The number of aryl methyl sites for hydroxylation is 1. The first-order chi connectivity index (χ1) is 5.11. The van der Waals surface area contributed by atoms with Crippen LogP contribution in [0.3, 0.4) is 0 Å². The molecule has 0 aliphatic rings. The molecule has 0 N–H and O–H groups in total. The van der Waals surface area contributed by atoms with Crippen LogP contribution in [-0.4, -0.2) is 8.42 Å². The number of rotatable bonds is 1. The van der Waals surface area contributed by atoms with E-state index in [-0.39, 0.29) is 0 Å². The molecule has 0 unspecified atom stereocenters. The summed E-state index contributed by atoms with van der Waals surface area (Å²) in [7, 11) is -2.46. The van der Waals surface area contributed by atoms with Crippen LogP contribution in [0, 0.1) is 13.8 Å².